The number of rotatable bonds is 12. The van der Waals surface area contributed by atoms with E-state index in [0.717, 1.165) is 22.7 Å². The number of alkyl halides is 1. The van der Waals surface area contributed by atoms with Crippen LogP contribution in [-0.2, 0) is 22.4 Å². The van der Waals surface area contributed by atoms with E-state index in [2.05, 4.69) is 10.6 Å². The van der Waals surface area contributed by atoms with Gasteiger partial charge in [0.25, 0.3) is 5.91 Å². The minimum absolute atomic E-state index is 0.0277. The van der Waals surface area contributed by atoms with Gasteiger partial charge in [-0.15, -0.1) is 22.7 Å². The Labute approximate surface area is 364 Å². The first-order chi connectivity index (χ1) is 27.7. The molecule has 0 radical (unpaired) electrons. The van der Waals surface area contributed by atoms with Crippen molar-refractivity contribution in [2.75, 3.05) is 10.6 Å². The molecule has 2 atom stereocenters. The Kier molecular flexibility index (Phi) is 15.3. The largest absolute Gasteiger partial charge is 0.478 e. The Hall–Kier alpha value is -4.97. The van der Waals surface area contributed by atoms with Crippen LogP contribution in [0.25, 0.3) is 22.3 Å². The zero-order valence-corrected chi connectivity index (χ0v) is 34.9. The monoisotopic (exact) mass is 915 g/mol. The van der Waals surface area contributed by atoms with E-state index < -0.39 is 35.8 Å². The van der Waals surface area contributed by atoms with E-state index in [1.54, 1.807) is 102 Å². The number of amides is 2. The minimum atomic E-state index is -1.96. The van der Waals surface area contributed by atoms with Crippen molar-refractivity contribution in [1.29, 1.82) is 5.26 Å². The number of carbonyl (C=O) groups is 4. The van der Waals surface area contributed by atoms with Crippen LogP contribution in [0.5, 0.6) is 0 Å². The fourth-order valence-corrected chi connectivity index (χ4v) is 8.42. The number of nitrogens with zero attached hydrogens (tertiary/aromatic N) is 1. The molecule has 4 N–H and O–H groups in total. The van der Waals surface area contributed by atoms with Gasteiger partial charge in [-0.2, -0.15) is 5.26 Å². The number of nitrogens with one attached hydrogen (secondary N) is 2. The van der Waals surface area contributed by atoms with Crippen LogP contribution in [0.2, 0.25) is 25.1 Å². The lowest BCUT2D eigenvalue weighted by Gasteiger charge is -2.12. The van der Waals surface area contributed by atoms with Gasteiger partial charge in [0.15, 0.2) is 6.17 Å². The number of nitriles is 1. The second kappa shape index (κ2) is 20.1. The summed E-state index contributed by atoms with van der Waals surface area (Å²) in [7, 11) is 0. The van der Waals surface area contributed by atoms with Crippen LogP contribution < -0.4 is 10.6 Å². The van der Waals surface area contributed by atoms with E-state index in [4.69, 9.17) is 58.0 Å². The summed E-state index contributed by atoms with van der Waals surface area (Å²) in [4.78, 5) is 48.6. The maximum absolute atomic E-state index is 14.5. The van der Waals surface area contributed by atoms with Crippen molar-refractivity contribution in [2.45, 2.75) is 19.0 Å². The van der Waals surface area contributed by atoms with Gasteiger partial charge in [0, 0.05) is 53.4 Å². The van der Waals surface area contributed by atoms with Gasteiger partial charge >= 0.3 is 11.9 Å². The minimum Gasteiger partial charge on any atom is -0.478 e. The molecule has 0 saturated carbocycles. The first-order valence-electron chi connectivity index (χ1n) is 16.7. The number of hydrogen-bond donors (Lipinski definition) is 4. The highest BCUT2D eigenvalue weighted by molar-refractivity contribution is 7.15. The van der Waals surface area contributed by atoms with E-state index in [-0.39, 0.29) is 44.0 Å². The zero-order chi connectivity index (χ0) is 42.1. The predicted molar refractivity (Wildman–Crippen MR) is 230 cm³/mol. The molecule has 6 aromatic rings. The first kappa shape index (κ1) is 44.1. The summed E-state index contributed by atoms with van der Waals surface area (Å²) in [5.74, 6) is -4.99. The van der Waals surface area contributed by atoms with Crippen LogP contribution >= 0.6 is 80.7 Å². The van der Waals surface area contributed by atoms with E-state index in [0.29, 0.717) is 48.4 Å². The summed E-state index contributed by atoms with van der Waals surface area (Å²) >= 11 is 32.0. The van der Waals surface area contributed by atoms with Crippen LogP contribution in [0, 0.1) is 17.2 Å². The molecular formula is C41H27Cl5FN3O6S2. The van der Waals surface area contributed by atoms with Crippen LogP contribution in [-0.4, -0.2) is 40.1 Å². The fourth-order valence-electron chi connectivity index (χ4n) is 5.48. The Morgan fingerprint density at radius 1 is 0.638 bits per heavy atom. The van der Waals surface area contributed by atoms with E-state index in [1.165, 1.54) is 0 Å². The molecule has 2 amide bonds. The Morgan fingerprint density at radius 2 is 1.09 bits per heavy atom. The average Bonchev–Trinajstić information content (AvgIpc) is 3.81. The van der Waals surface area contributed by atoms with Crippen molar-refractivity contribution in [2.24, 2.45) is 5.92 Å². The molecule has 2 aromatic heterocycles. The number of hydrogen-bond acceptors (Lipinski definition) is 7. The molecule has 0 fully saturated rings. The smallest absolute Gasteiger partial charge is 0.339 e. The molecule has 0 aliphatic rings. The lowest BCUT2D eigenvalue weighted by Crippen LogP contribution is -2.26. The van der Waals surface area contributed by atoms with Crippen molar-refractivity contribution in [3.05, 3.63) is 149 Å². The van der Waals surface area contributed by atoms with E-state index in [9.17, 15) is 39.0 Å². The van der Waals surface area contributed by atoms with E-state index >= 15 is 0 Å². The molecule has 2 unspecified atom stereocenters. The Morgan fingerprint density at radius 3 is 1.53 bits per heavy atom. The molecule has 0 aliphatic carbocycles. The van der Waals surface area contributed by atoms with E-state index in [1.807, 2.05) is 6.07 Å². The topological polar surface area (TPSA) is 157 Å². The standard InChI is InChI=1S/C21H14Cl2N2O3S.C20H13Cl3FNO3S/c22-15-7-5-12(6-8-15)16-11-29-20(18(16)21(27)28)25-19(26)14(10-24)9-13-3-1-2-4-17(13)23;21-11-6-4-10(5-7-11)13-9-29-19(17(13)20(27)28)25-18(26)16(24)8-12-14(22)2-1-3-15(12)23/h1-8,11,14H,9H2,(H,25,26)(H,27,28);1-7,9,16H,8H2,(H,25,26)(H,27,28). The number of carboxylic acid groups (broad SMARTS) is 2. The van der Waals surface area contributed by atoms with Crippen molar-refractivity contribution in [1.82, 2.24) is 0 Å². The first-order valence-corrected chi connectivity index (χ1v) is 20.4. The molecule has 4 aromatic carbocycles. The van der Waals surface area contributed by atoms with Gasteiger partial charge in [-0.05, 0) is 71.1 Å². The fraction of sp³-hybridized carbons (Fsp3) is 0.0976. The lowest BCUT2D eigenvalue weighted by molar-refractivity contribution is -0.120. The van der Waals surface area contributed by atoms with Crippen LogP contribution in [0.4, 0.5) is 14.4 Å². The third-order valence-corrected chi connectivity index (χ3v) is 11.7. The zero-order valence-electron chi connectivity index (χ0n) is 29.4. The lowest BCUT2D eigenvalue weighted by atomic mass is 9.99. The molecule has 6 rings (SSSR count). The van der Waals surface area contributed by atoms with Crippen molar-refractivity contribution < 1.29 is 33.8 Å². The summed E-state index contributed by atoms with van der Waals surface area (Å²) in [5.41, 5.74) is 2.98. The number of carbonyl (C=O) groups excluding carboxylic acids is 2. The summed E-state index contributed by atoms with van der Waals surface area (Å²) in [5, 5.41) is 39.1. The number of thiophene rings is 2. The van der Waals surface area contributed by atoms with Gasteiger partial charge in [-0.25, -0.2) is 14.0 Å². The molecule has 2 heterocycles. The summed E-state index contributed by atoms with van der Waals surface area (Å²) in [6, 6.07) is 27.0. The Balaban J connectivity index is 0.000000221. The summed E-state index contributed by atoms with van der Waals surface area (Å²) in [6.07, 6.45) is -2.17. The number of benzene rings is 4. The highest BCUT2D eigenvalue weighted by Crippen LogP contribution is 2.38. The molecule has 0 aliphatic heterocycles. The maximum Gasteiger partial charge on any atom is 0.339 e. The number of anilines is 2. The van der Waals surface area contributed by atoms with Crippen LogP contribution in [0.1, 0.15) is 31.8 Å². The third-order valence-electron chi connectivity index (χ3n) is 8.38. The van der Waals surface area contributed by atoms with Gasteiger partial charge in [0.2, 0.25) is 5.91 Å². The molecule has 0 saturated heterocycles. The molecule has 0 spiro atoms. The van der Waals surface area contributed by atoms with Crippen molar-refractivity contribution in [3.63, 3.8) is 0 Å². The average molecular weight is 918 g/mol. The van der Waals surface area contributed by atoms with Crippen LogP contribution in [0.15, 0.2) is 102 Å². The molecule has 296 valence electrons. The maximum atomic E-state index is 14.5. The summed E-state index contributed by atoms with van der Waals surface area (Å²) < 4.78 is 14.5. The normalized spacial score (nSPS) is 11.7. The second-order valence-electron chi connectivity index (χ2n) is 12.2. The number of aromatic carboxylic acids is 2. The SMILES string of the molecule is N#CC(Cc1ccccc1Cl)C(=O)Nc1scc(-c2ccc(Cl)cc2)c1C(=O)O.O=C(O)c1c(-c2ccc(Cl)cc2)csc1NC(=O)C(F)Cc1c(Cl)cccc1Cl. The Bertz CT molecular complexity index is 2500. The van der Waals surface area contributed by atoms with Gasteiger partial charge < -0.3 is 20.8 Å². The molecule has 58 heavy (non-hydrogen) atoms. The predicted octanol–water partition coefficient (Wildman–Crippen LogP) is 12.3. The molecule has 17 heteroatoms. The van der Waals surface area contributed by atoms with Gasteiger partial charge in [-0.3, -0.25) is 9.59 Å². The number of carboxylic acids is 2. The molecular weight excluding hydrogens is 891 g/mol. The van der Waals surface area contributed by atoms with Gasteiger partial charge in [0.05, 0.1) is 6.07 Å². The summed E-state index contributed by atoms with van der Waals surface area (Å²) in [6.45, 7) is 0. The van der Waals surface area contributed by atoms with Crippen molar-refractivity contribution >= 4 is 114 Å². The van der Waals surface area contributed by atoms with Gasteiger partial charge in [-0.1, -0.05) is 107 Å². The second-order valence-corrected chi connectivity index (χ2v) is 16.0. The van der Waals surface area contributed by atoms with Crippen molar-refractivity contribution in [3.8, 4) is 28.3 Å². The van der Waals surface area contributed by atoms with Crippen LogP contribution in [0.3, 0.4) is 0 Å². The quantitative estimate of drug-likeness (QED) is 0.0952. The van der Waals surface area contributed by atoms with Gasteiger partial charge in [0.1, 0.15) is 27.0 Å². The molecule has 0 bridgehead atoms. The highest BCUT2D eigenvalue weighted by Gasteiger charge is 2.27. The highest BCUT2D eigenvalue weighted by atomic mass is 35.5. The number of halogens is 6. The molecule has 9 nitrogen and oxygen atoms in total. The third kappa shape index (κ3) is 10.9.